The fraction of sp³-hybridized carbons (Fsp3) is 0.333. The van der Waals surface area contributed by atoms with E-state index in [0.29, 0.717) is 18.0 Å². The third kappa shape index (κ3) is 6.88. The minimum Gasteiger partial charge on any atom is -0.493 e. The van der Waals surface area contributed by atoms with Crippen LogP contribution in [0.25, 0.3) is 5.69 Å². The number of benzene rings is 2. The van der Waals surface area contributed by atoms with Crippen LogP contribution in [0, 0.1) is 6.92 Å². The largest absolute Gasteiger partial charge is 0.493 e. The van der Waals surface area contributed by atoms with Crippen molar-refractivity contribution in [2.75, 3.05) is 32.6 Å². The first kappa shape index (κ1) is 25.5. The maximum Gasteiger partial charge on any atom is 0.195 e. The summed E-state index contributed by atoms with van der Waals surface area (Å²) in [5.74, 6) is 2.11. The third-order valence-corrected chi connectivity index (χ3v) is 4.89. The number of aromatic nitrogens is 2. The Labute approximate surface area is 207 Å². The Morgan fingerprint density at radius 2 is 1.81 bits per heavy atom. The Morgan fingerprint density at radius 1 is 1.06 bits per heavy atom. The molecule has 2 aromatic carbocycles. The minimum absolute atomic E-state index is 0. The molecule has 0 amide bonds. The van der Waals surface area contributed by atoms with Crippen molar-refractivity contribution < 1.29 is 9.47 Å². The van der Waals surface area contributed by atoms with Gasteiger partial charge >= 0.3 is 0 Å². The van der Waals surface area contributed by atoms with Gasteiger partial charge in [0, 0.05) is 31.0 Å². The predicted molar refractivity (Wildman–Crippen MR) is 141 cm³/mol. The second-order valence-corrected chi connectivity index (χ2v) is 7.08. The molecule has 0 unspecified atom stereocenters. The summed E-state index contributed by atoms with van der Waals surface area (Å²) >= 11 is 0. The SMILES string of the molecule is CCNC(=NCCCc1cn(-c2ccccc2)nc1C)Nc1ccc(OC)c(OC)c1.I. The molecular weight excluding hydrogens is 517 g/mol. The fourth-order valence-corrected chi connectivity index (χ4v) is 3.27. The summed E-state index contributed by atoms with van der Waals surface area (Å²) in [6.45, 7) is 5.59. The number of nitrogens with zero attached hydrogens (tertiary/aromatic N) is 3. The number of halogens is 1. The summed E-state index contributed by atoms with van der Waals surface area (Å²) in [7, 11) is 3.25. The summed E-state index contributed by atoms with van der Waals surface area (Å²) in [6, 6.07) is 15.9. The molecule has 32 heavy (non-hydrogen) atoms. The predicted octanol–water partition coefficient (Wildman–Crippen LogP) is 4.83. The molecule has 0 aliphatic rings. The van der Waals surface area contributed by atoms with Crippen molar-refractivity contribution in [2.24, 2.45) is 4.99 Å². The quantitative estimate of drug-likeness (QED) is 0.173. The number of aryl methyl sites for hydroxylation is 2. The van der Waals surface area contributed by atoms with Crippen LogP contribution in [0.5, 0.6) is 11.5 Å². The van der Waals surface area contributed by atoms with Crippen LogP contribution in [0.2, 0.25) is 0 Å². The molecule has 0 aliphatic heterocycles. The number of hydrogen-bond acceptors (Lipinski definition) is 4. The van der Waals surface area contributed by atoms with Gasteiger partial charge < -0.3 is 20.1 Å². The molecule has 1 aromatic heterocycles. The van der Waals surface area contributed by atoms with Gasteiger partial charge in [-0.05, 0) is 56.5 Å². The van der Waals surface area contributed by atoms with E-state index in [4.69, 9.17) is 14.5 Å². The first-order chi connectivity index (χ1) is 15.1. The van der Waals surface area contributed by atoms with Gasteiger partial charge in [-0.25, -0.2) is 4.68 Å². The van der Waals surface area contributed by atoms with E-state index in [1.807, 2.05) is 48.0 Å². The van der Waals surface area contributed by atoms with Crippen molar-refractivity contribution in [3.8, 4) is 17.2 Å². The topological polar surface area (TPSA) is 72.7 Å². The summed E-state index contributed by atoms with van der Waals surface area (Å²) < 4.78 is 12.6. The highest BCUT2D eigenvalue weighted by molar-refractivity contribution is 14.0. The average Bonchev–Trinajstić information content (AvgIpc) is 3.17. The van der Waals surface area contributed by atoms with Crippen LogP contribution < -0.4 is 20.1 Å². The number of anilines is 1. The van der Waals surface area contributed by atoms with E-state index >= 15 is 0 Å². The molecule has 0 aliphatic carbocycles. The van der Waals surface area contributed by atoms with Crippen molar-refractivity contribution in [3.05, 3.63) is 66.0 Å². The first-order valence-electron chi connectivity index (χ1n) is 10.5. The summed E-state index contributed by atoms with van der Waals surface area (Å²) in [5, 5.41) is 11.3. The van der Waals surface area contributed by atoms with Crippen LogP contribution in [0.3, 0.4) is 0 Å². The van der Waals surface area contributed by atoms with E-state index < -0.39 is 0 Å². The van der Waals surface area contributed by atoms with Crippen LogP contribution in [-0.2, 0) is 6.42 Å². The van der Waals surface area contributed by atoms with Gasteiger partial charge in [0.1, 0.15) is 0 Å². The highest BCUT2D eigenvalue weighted by Gasteiger charge is 2.08. The number of aliphatic imine (C=N–C) groups is 1. The maximum atomic E-state index is 5.38. The average molecular weight is 549 g/mol. The zero-order valence-electron chi connectivity index (χ0n) is 19.1. The number of methoxy groups -OCH3 is 2. The molecule has 0 spiro atoms. The van der Waals surface area contributed by atoms with Crippen molar-refractivity contribution in [2.45, 2.75) is 26.7 Å². The van der Waals surface area contributed by atoms with Crippen molar-refractivity contribution in [1.29, 1.82) is 0 Å². The van der Waals surface area contributed by atoms with E-state index in [1.165, 1.54) is 5.56 Å². The number of para-hydroxylation sites is 1. The Balaban J connectivity index is 0.00000363. The van der Waals surface area contributed by atoms with Crippen LogP contribution >= 0.6 is 24.0 Å². The number of guanidine groups is 1. The molecule has 0 bridgehead atoms. The number of nitrogens with one attached hydrogen (secondary N) is 2. The fourth-order valence-electron chi connectivity index (χ4n) is 3.27. The monoisotopic (exact) mass is 549 g/mol. The van der Waals surface area contributed by atoms with Crippen LogP contribution in [-0.4, -0.2) is 43.0 Å². The lowest BCUT2D eigenvalue weighted by atomic mass is 10.1. The van der Waals surface area contributed by atoms with Gasteiger partial charge in [0.15, 0.2) is 17.5 Å². The van der Waals surface area contributed by atoms with Gasteiger partial charge in [0.05, 0.1) is 25.6 Å². The summed E-state index contributed by atoms with van der Waals surface area (Å²) in [4.78, 5) is 4.71. The molecule has 8 heteroatoms. The zero-order chi connectivity index (χ0) is 22.1. The molecule has 0 saturated carbocycles. The van der Waals surface area contributed by atoms with Crippen LogP contribution in [0.15, 0.2) is 59.7 Å². The molecule has 0 atom stereocenters. The molecule has 3 rings (SSSR count). The van der Waals surface area contributed by atoms with Crippen LogP contribution in [0.4, 0.5) is 5.69 Å². The summed E-state index contributed by atoms with van der Waals surface area (Å²) in [5.41, 5.74) is 4.26. The lowest BCUT2D eigenvalue weighted by molar-refractivity contribution is 0.355. The van der Waals surface area contributed by atoms with Crippen LogP contribution in [0.1, 0.15) is 24.6 Å². The van der Waals surface area contributed by atoms with E-state index in [0.717, 1.165) is 42.4 Å². The first-order valence-corrected chi connectivity index (χ1v) is 10.5. The van der Waals surface area contributed by atoms with Gasteiger partial charge in [0.25, 0.3) is 0 Å². The highest BCUT2D eigenvalue weighted by Crippen LogP contribution is 2.29. The standard InChI is InChI=1S/C24H31N5O2.HI/c1-5-25-24(27-20-13-14-22(30-3)23(16-20)31-4)26-15-9-10-19-17-29(28-18(19)2)21-11-7-6-8-12-21;/h6-8,11-14,16-17H,5,9-10,15H2,1-4H3,(H2,25,26,27);1H. The number of hydrogen-bond donors (Lipinski definition) is 2. The second kappa shape index (κ2) is 12.9. The van der Waals surface area contributed by atoms with Gasteiger partial charge in [-0.15, -0.1) is 24.0 Å². The lowest BCUT2D eigenvalue weighted by Gasteiger charge is -2.13. The van der Waals surface area contributed by atoms with E-state index in [2.05, 4.69) is 41.0 Å². The Kier molecular flexibility index (Phi) is 10.3. The third-order valence-electron chi connectivity index (χ3n) is 4.89. The van der Waals surface area contributed by atoms with Crippen molar-refractivity contribution in [1.82, 2.24) is 15.1 Å². The highest BCUT2D eigenvalue weighted by atomic mass is 127. The molecule has 7 nitrogen and oxygen atoms in total. The van der Waals surface area contributed by atoms with Gasteiger partial charge in [0.2, 0.25) is 0 Å². The van der Waals surface area contributed by atoms with Crippen molar-refractivity contribution in [3.63, 3.8) is 0 Å². The Hall–Kier alpha value is -2.75. The lowest BCUT2D eigenvalue weighted by Crippen LogP contribution is -2.30. The van der Waals surface area contributed by atoms with E-state index in [1.54, 1.807) is 14.2 Å². The minimum atomic E-state index is 0. The normalized spacial score (nSPS) is 10.9. The Morgan fingerprint density at radius 3 is 2.50 bits per heavy atom. The van der Waals surface area contributed by atoms with Gasteiger partial charge in [-0.1, -0.05) is 18.2 Å². The van der Waals surface area contributed by atoms with Gasteiger partial charge in [-0.2, -0.15) is 5.10 Å². The zero-order valence-corrected chi connectivity index (χ0v) is 21.4. The van der Waals surface area contributed by atoms with E-state index in [-0.39, 0.29) is 24.0 Å². The second-order valence-electron chi connectivity index (χ2n) is 7.08. The van der Waals surface area contributed by atoms with Gasteiger partial charge in [-0.3, -0.25) is 4.99 Å². The number of rotatable bonds is 9. The number of ether oxygens (including phenoxy) is 2. The van der Waals surface area contributed by atoms with E-state index in [9.17, 15) is 0 Å². The molecule has 0 fully saturated rings. The van der Waals surface area contributed by atoms with Crippen molar-refractivity contribution >= 4 is 35.6 Å². The molecule has 3 aromatic rings. The maximum absolute atomic E-state index is 5.38. The molecule has 0 radical (unpaired) electrons. The molecule has 1 heterocycles. The molecular formula is C24H32IN5O2. The molecule has 172 valence electrons. The Bertz CT molecular complexity index is 1000. The smallest absolute Gasteiger partial charge is 0.195 e. The summed E-state index contributed by atoms with van der Waals surface area (Å²) in [6.07, 6.45) is 3.98. The molecule has 2 N–H and O–H groups in total. The molecule has 0 saturated heterocycles.